The first-order chi connectivity index (χ1) is 9.66. The zero-order valence-corrected chi connectivity index (χ0v) is 10.3. The summed E-state index contributed by atoms with van der Waals surface area (Å²) >= 11 is 0. The van der Waals surface area contributed by atoms with Crippen molar-refractivity contribution in [3.8, 4) is 0 Å². The normalized spacial score (nSPS) is 14.1. The zero-order valence-electron chi connectivity index (χ0n) is 10.3. The molecule has 1 aromatic rings. The third kappa shape index (κ3) is 4.35. The van der Waals surface area contributed by atoms with Crippen molar-refractivity contribution in [1.82, 2.24) is 0 Å². The highest BCUT2D eigenvalue weighted by Gasteiger charge is 2.33. The van der Waals surface area contributed by atoms with Crippen LogP contribution in [0.4, 0.5) is 13.2 Å². The van der Waals surface area contributed by atoms with Crippen molar-refractivity contribution in [2.45, 2.75) is 18.4 Å². The molecule has 0 aliphatic heterocycles. The summed E-state index contributed by atoms with van der Waals surface area (Å²) in [6.07, 6.45) is -8.29. The fraction of sp³-hybridized carbons (Fsp3) is 0.364. The Balaban J connectivity index is 3.25. The van der Waals surface area contributed by atoms with Crippen LogP contribution < -0.4 is 0 Å². The molecule has 1 rings (SSSR count). The second kappa shape index (κ2) is 6.44. The Morgan fingerprint density at radius 1 is 1.33 bits per heavy atom. The van der Waals surface area contributed by atoms with Gasteiger partial charge >= 0.3 is 12.1 Å². The van der Waals surface area contributed by atoms with Gasteiger partial charge in [0.2, 0.25) is 0 Å². The molecule has 1 aromatic carbocycles. The van der Waals surface area contributed by atoms with Crippen LogP contribution in [-0.2, 0) is 6.18 Å². The number of hydrogen-bond acceptors (Lipinski definition) is 4. The van der Waals surface area contributed by atoms with E-state index in [9.17, 15) is 28.2 Å². The maximum Gasteiger partial charge on any atom is 0.416 e. The Morgan fingerprint density at radius 2 is 1.95 bits per heavy atom. The maximum atomic E-state index is 12.7. The Hall–Kier alpha value is -2.29. The Bertz CT molecular complexity index is 585. The first kappa shape index (κ1) is 16.8. The van der Waals surface area contributed by atoms with Gasteiger partial charge in [-0.15, -0.1) is 0 Å². The van der Waals surface area contributed by atoms with E-state index in [1.54, 1.807) is 0 Å². The van der Waals surface area contributed by atoms with Gasteiger partial charge in [-0.05, 0) is 29.3 Å². The standard InChI is InChI=1S/C11H10F3N3O4/c12-11(13,14)7-2-5(1-6(3-7)10(20)21)9(19)8(18)4-16-17-15/h1-3,8-9,18-19H,4H2,(H,20,21). The van der Waals surface area contributed by atoms with Crippen LogP contribution in [0.3, 0.4) is 0 Å². The minimum atomic E-state index is -4.81. The van der Waals surface area contributed by atoms with Gasteiger partial charge in [-0.1, -0.05) is 5.11 Å². The summed E-state index contributed by atoms with van der Waals surface area (Å²) in [5.41, 5.74) is 5.68. The summed E-state index contributed by atoms with van der Waals surface area (Å²) in [5, 5.41) is 31.0. The Labute approximate surface area is 115 Å². The lowest BCUT2D eigenvalue weighted by atomic mass is 9.98. The van der Waals surface area contributed by atoms with Crippen molar-refractivity contribution in [3.63, 3.8) is 0 Å². The number of carboxylic acids is 1. The lowest BCUT2D eigenvalue weighted by molar-refractivity contribution is -0.137. The molecule has 0 saturated carbocycles. The molecule has 0 fully saturated rings. The van der Waals surface area contributed by atoms with Crippen LogP contribution in [0.5, 0.6) is 0 Å². The summed E-state index contributed by atoms with van der Waals surface area (Å²) in [5.74, 6) is -1.61. The molecule has 0 amide bonds. The van der Waals surface area contributed by atoms with Crippen LogP contribution in [0.25, 0.3) is 10.4 Å². The minimum absolute atomic E-state index is 0.415. The van der Waals surface area contributed by atoms with Crippen molar-refractivity contribution in [1.29, 1.82) is 0 Å². The summed E-state index contributed by atoms with van der Waals surface area (Å²) in [4.78, 5) is 13.2. The van der Waals surface area contributed by atoms with E-state index in [1.807, 2.05) is 0 Å². The predicted octanol–water partition coefficient (Wildman–Crippen LogP) is 2.11. The maximum absolute atomic E-state index is 12.7. The molecule has 0 aromatic heterocycles. The highest BCUT2D eigenvalue weighted by atomic mass is 19.4. The smallest absolute Gasteiger partial charge is 0.416 e. The van der Waals surface area contributed by atoms with Gasteiger partial charge in [-0.3, -0.25) is 0 Å². The number of rotatable bonds is 5. The van der Waals surface area contributed by atoms with Crippen LogP contribution >= 0.6 is 0 Å². The molecule has 0 spiro atoms. The number of hydrogen-bond donors (Lipinski definition) is 3. The zero-order chi connectivity index (χ0) is 16.2. The summed E-state index contributed by atoms with van der Waals surface area (Å²) in [6, 6.07) is 1.75. The van der Waals surface area contributed by atoms with Gasteiger partial charge < -0.3 is 15.3 Å². The van der Waals surface area contributed by atoms with E-state index in [-0.39, 0.29) is 0 Å². The second-order valence-corrected chi connectivity index (χ2v) is 4.07. The first-order valence-corrected chi connectivity index (χ1v) is 5.49. The first-order valence-electron chi connectivity index (χ1n) is 5.49. The highest BCUT2D eigenvalue weighted by Crippen LogP contribution is 2.32. The van der Waals surface area contributed by atoms with Crippen LogP contribution in [0.2, 0.25) is 0 Å². The molecule has 0 bridgehead atoms. The number of nitrogens with zero attached hydrogens (tertiary/aromatic N) is 3. The number of carboxylic acid groups (broad SMARTS) is 1. The van der Waals surface area contributed by atoms with E-state index in [4.69, 9.17) is 10.6 Å². The van der Waals surface area contributed by atoms with Crippen LogP contribution in [-0.4, -0.2) is 33.9 Å². The summed E-state index contributed by atoms with van der Waals surface area (Å²) in [7, 11) is 0. The van der Waals surface area contributed by atoms with E-state index >= 15 is 0 Å². The van der Waals surface area contributed by atoms with Crippen molar-refractivity contribution in [2.24, 2.45) is 5.11 Å². The fourth-order valence-electron chi connectivity index (χ4n) is 1.55. The second-order valence-electron chi connectivity index (χ2n) is 4.07. The average Bonchev–Trinajstić information content (AvgIpc) is 2.42. The van der Waals surface area contributed by atoms with E-state index in [0.717, 1.165) is 6.07 Å². The lowest BCUT2D eigenvalue weighted by Gasteiger charge is -2.18. The predicted molar refractivity (Wildman–Crippen MR) is 63.4 cm³/mol. The molecule has 10 heteroatoms. The van der Waals surface area contributed by atoms with Crippen molar-refractivity contribution in [2.75, 3.05) is 6.54 Å². The molecule has 0 aliphatic rings. The molecule has 0 radical (unpaired) electrons. The largest absolute Gasteiger partial charge is 0.478 e. The van der Waals surface area contributed by atoms with Gasteiger partial charge in [-0.25, -0.2) is 4.79 Å². The molecular weight excluding hydrogens is 295 g/mol. The van der Waals surface area contributed by atoms with Crippen molar-refractivity contribution in [3.05, 3.63) is 45.3 Å². The molecule has 2 unspecified atom stereocenters. The molecule has 3 N–H and O–H groups in total. The molecule has 114 valence electrons. The number of aliphatic hydroxyl groups is 2. The van der Waals surface area contributed by atoms with Crippen LogP contribution in [0, 0.1) is 0 Å². The fourth-order valence-corrected chi connectivity index (χ4v) is 1.55. The Morgan fingerprint density at radius 3 is 2.43 bits per heavy atom. The molecular formula is C11H10F3N3O4. The number of azide groups is 1. The van der Waals surface area contributed by atoms with E-state index in [1.165, 1.54) is 0 Å². The van der Waals surface area contributed by atoms with Gasteiger partial charge in [0.25, 0.3) is 0 Å². The topological polar surface area (TPSA) is 127 Å². The highest BCUT2D eigenvalue weighted by molar-refractivity contribution is 5.88. The molecule has 2 atom stereocenters. The molecule has 0 heterocycles. The van der Waals surface area contributed by atoms with E-state index in [0.29, 0.717) is 12.1 Å². The van der Waals surface area contributed by atoms with E-state index in [2.05, 4.69) is 10.0 Å². The lowest BCUT2D eigenvalue weighted by Crippen LogP contribution is -2.22. The molecule has 0 saturated heterocycles. The van der Waals surface area contributed by atoms with E-state index < -0.39 is 47.6 Å². The third-order valence-corrected chi connectivity index (χ3v) is 2.57. The van der Waals surface area contributed by atoms with Gasteiger partial charge in [0.1, 0.15) is 6.10 Å². The minimum Gasteiger partial charge on any atom is -0.478 e. The van der Waals surface area contributed by atoms with Gasteiger partial charge in [0.05, 0.1) is 23.8 Å². The summed E-state index contributed by atoms with van der Waals surface area (Å²) < 4.78 is 38.0. The van der Waals surface area contributed by atoms with Crippen molar-refractivity contribution >= 4 is 5.97 Å². The number of alkyl halides is 3. The molecule has 0 aliphatic carbocycles. The number of aliphatic hydroxyl groups excluding tert-OH is 2. The van der Waals surface area contributed by atoms with Crippen LogP contribution in [0.15, 0.2) is 23.3 Å². The van der Waals surface area contributed by atoms with Gasteiger partial charge in [-0.2, -0.15) is 13.2 Å². The average molecular weight is 305 g/mol. The van der Waals surface area contributed by atoms with Crippen molar-refractivity contribution < 1.29 is 33.3 Å². The number of halogens is 3. The summed E-state index contributed by atoms with van der Waals surface area (Å²) in [6.45, 7) is -0.573. The van der Waals surface area contributed by atoms with Gasteiger partial charge in [0, 0.05) is 4.91 Å². The third-order valence-electron chi connectivity index (χ3n) is 2.57. The monoisotopic (exact) mass is 305 g/mol. The molecule has 7 nitrogen and oxygen atoms in total. The van der Waals surface area contributed by atoms with Gasteiger partial charge in [0.15, 0.2) is 0 Å². The number of carbonyl (C=O) groups is 1. The number of benzene rings is 1. The quantitative estimate of drug-likeness (QED) is 0.437. The number of aromatic carboxylic acids is 1. The SMILES string of the molecule is [N-]=[N+]=NCC(O)C(O)c1cc(C(=O)O)cc(C(F)(F)F)c1. The van der Waals surface area contributed by atoms with Crippen LogP contribution in [0.1, 0.15) is 27.6 Å². The molecule has 21 heavy (non-hydrogen) atoms. The Kier molecular flexibility index (Phi) is 5.14.